The van der Waals surface area contributed by atoms with E-state index < -0.39 is 17.2 Å². The Labute approximate surface area is 159 Å². The quantitative estimate of drug-likeness (QED) is 0.587. The van der Waals surface area contributed by atoms with E-state index in [1.807, 2.05) is 31.2 Å². The van der Waals surface area contributed by atoms with Crippen molar-refractivity contribution in [1.82, 2.24) is 0 Å². The Morgan fingerprint density at radius 3 is 2.48 bits per heavy atom. The first-order chi connectivity index (χ1) is 13.1. The molecule has 1 amide bonds. The molecule has 3 aliphatic rings. The highest BCUT2D eigenvalue weighted by Crippen LogP contribution is 2.57. The SMILES string of the molecule is CCOC(=O)C1(C2(C3CCCC3)OCCO2)C(=O)N(CC)c2ccccc21. The molecule has 0 spiro atoms. The van der Waals surface area contributed by atoms with E-state index >= 15 is 0 Å². The highest BCUT2D eigenvalue weighted by molar-refractivity contribution is 6.21. The van der Waals surface area contributed by atoms with Gasteiger partial charge in [-0.1, -0.05) is 31.0 Å². The molecule has 0 aromatic heterocycles. The predicted octanol–water partition coefficient (Wildman–Crippen LogP) is 2.79. The lowest BCUT2D eigenvalue weighted by Crippen LogP contribution is -2.66. The minimum absolute atomic E-state index is 0.0155. The van der Waals surface area contributed by atoms with Crippen molar-refractivity contribution in [3.8, 4) is 0 Å². The Morgan fingerprint density at radius 1 is 1.19 bits per heavy atom. The summed E-state index contributed by atoms with van der Waals surface area (Å²) in [4.78, 5) is 29.0. The molecule has 4 rings (SSSR count). The molecule has 6 heteroatoms. The molecule has 2 fully saturated rings. The van der Waals surface area contributed by atoms with Gasteiger partial charge in [0.05, 0.1) is 19.8 Å². The molecule has 2 aliphatic heterocycles. The van der Waals surface area contributed by atoms with Gasteiger partial charge in [0, 0.05) is 23.7 Å². The van der Waals surface area contributed by atoms with Crippen molar-refractivity contribution >= 4 is 17.6 Å². The third-order valence-corrected chi connectivity index (χ3v) is 6.19. The van der Waals surface area contributed by atoms with E-state index in [1.54, 1.807) is 11.8 Å². The molecule has 146 valence electrons. The van der Waals surface area contributed by atoms with Crippen LogP contribution >= 0.6 is 0 Å². The number of likely N-dealkylation sites (N-methyl/N-ethyl adjacent to an activating group) is 1. The smallest absolute Gasteiger partial charge is 0.332 e. The Balaban J connectivity index is 1.99. The van der Waals surface area contributed by atoms with E-state index in [0.29, 0.717) is 25.3 Å². The zero-order valence-electron chi connectivity index (χ0n) is 16.0. The third-order valence-electron chi connectivity index (χ3n) is 6.19. The largest absolute Gasteiger partial charge is 0.465 e. The number of nitrogens with zero attached hydrogens (tertiary/aromatic N) is 1. The van der Waals surface area contributed by atoms with Crippen LogP contribution in [0.5, 0.6) is 0 Å². The van der Waals surface area contributed by atoms with Gasteiger partial charge in [0.2, 0.25) is 11.2 Å². The molecular formula is C21H27NO5. The zero-order valence-corrected chi connectivity index (χ0v) is 16.0. The standard InChI is InChI=1S/C21H27NO5/c1-3-22-17-12-8-7-11-16(17)20(18(22)23,19(24)25-4-2)21(26-13-14-27-21)15-9-5-6-10-15/h7-8,11-12,15H,3-6,9-10,13-14H2,1-2H3. The second kappa shape index (κ2) is 6.91. The first-order valence-corrected chi connectivity index (χ1v) is 10.00. The lowest BCUT2D eigenvalue weighted by atomic mass is 9.68. The van der Waals surface area contributed by atoms with Gasteiger partial charge in [-0.2, -0.15) is 0 Å². The second-order valence-electron chi connectivity index (χ2n) is 7.38. The van der Waals surface area contributed by atoms with Crippen molar-refractivity contribution in [2.45, 2.75) is 50.7 Å². The Morgan fingerprint density at radius 2 is 1.85 bits per heavy atom. The van der Waals surface area contributed by atoms with Gasteiger partial charge in [0.1, 0.15) is 0 Å². The van der Waals surface area contributed by atoms with Crippen LogP contribution in [0.15, 0.2) is 24.3 Å². The molecule has 1 atom stereocenters. The zero-order chi connectivity index (χ0) is 19.1. The Kier molecular flexibility index (Phi) is 4.72. The number of esters is 1. The third kappa shape index (κ3) is 2.32. The minimum Gasteiger partial charge on any atom is -0.465 e. The van der Waals surface area contributed by atoms with Crippen LogP contribution in [0.3, 0.4) is 0 Å². The number of carbonyl (C=O) groups excluding carboxylic acids is 2. The van der Waals surface area contributed by atoms with E-state index in [1.165, 1.54) is 0 Å². The van der Waals surface area contributed by atoms with Gasteiger partial charge in [-0.05, 0) is 32.8 Å². The van der Waals surface area contributed by atoms with Crippen LogP contribution < -0.4 is 4.90 Å². The minimum atomic E-state index is -1.61. The second-order valence-corrected chi connectivity index (χ2v) is 7.38. The van der Waals surface area contributed by atoms with Crippen LogP contribution in [0.4, 0.5) is 5.69 Å². The van der Waals surface area contributed by atoms with Gasteiger partial charge in [-0.3, -0.25) is 9.59 Å². The van der Waals surface area contributed by atoms with Crippen LogP contribution in [0.1, 0.15) is 45.1 Å². The van der Waals surface area contributed by atoms with Crippen LogP contribution in [0.25, 0.3) is 0 Å². The highest BCUT2D eigenvalue weighted by atomic mass is 16.7. The number of amides is 1. The van der Waals surface area contributed by atoms with Crippen molar-refractivity contribution in [1.29, 1.82) is 0 Å². The normalized spacial score (nSPS) is 27.2. The number of anilines is 1. The van der Waals surface area contributed by atoms with Gasteiger partial charge < -0.3 is 19.1 Å². The maximum atomic E-state index is 13.8. The van der Waals surface area contributed by atoms with Crippen LogP contribution in [-0.2, 0) is 29.2 Å². The monoisotopic (exact) mass is 373 g/mol. The fourth-order valence-electron chi connectivity index (χ4n) is 5.18. The predicted molar refractivity (Wildman–Crippen MR) is 99.4 cm³/mol. The van der Waals surface area contributed by atoms with Crippen molar-refractivity contribution < 1.29 is 23.8 Å². The van der Waals surface area contributed by atoms with Gasteiger partial charge in [0.25, 0.3) is 5.91 Å². The topological polar surface area (TPSA) is 65.1 Å². The Bertz CT molecular complexity index is 736. The lowest BCUT2D eigenvalue weighted by Gasteiger charge is -2.44. The summed E-state index contributed by atoms with van der Waals surface area (Å²) in [5, 5.41) is 0. The summed E-state index contributed by atoms with van der Waals surface area (Å²) in [5.74, 6) is -2.17. The van der Waals surface area contributed by atoms with Crippen molar-refractivity contribution in [2.75, 3.05) is 31.3 Å². The van der Waals surface area contributed by atoms with E-state index in [9.17, 15) is 9.59 Å². The number of para-hydroxylation sites is 1. The molecule has 1 unspecified atom stereocenters. The molecule has 1 saturated heterocycles. The Hall–Kier alpha value is -1.92. The average Bonchev–Trinajstić information content (AvgIpc) is 3.40. The molecule has 2 heterocycles. The highest BCUT2D eigenvalue weighted by Gasteiger charge is 2.74. The summed E-state index contributed by atoms with van der Waals surface area (Å²) in [6.07, 6.45) is 3.85. The summed E-state index contributed by atoms with van der Waals surface area (Å²) in [7, 11) is 0. The van der Waals surface area contributed by atoms with Crippen LogP contribution in [0.2, 0.25) is 0 Å². The molecule has 0 bridgehead atoms. The first kappa shape index (κ1) is 18.4. The molecule has 1 aromatic carbocycles. The van der Waals surface area contributed by atoms with E-state index in [0.717, 1.165) is 31.4 Å². The maximum absolute atomic E-state index is 13.8. The molecular weight excluding hydrogens is 346 g/mol. The fraction of sp³-hybridized carbons (Fsp3) is 0.619. The summed E-state index contributed by atoms with van der Waals surface area (Å²) in [6.45, 7) is 5.08. The van der Waals surface area contributed by atoms with Crippen LogP contribution in [0, 0.1) is 5.92 Å². The fourth-order valence-corrected chi connectivity index (χ4v) is 5.18. The molecule has 1 aliphatic carbocycles. The van der Waals surface area contributed by atoms with Crippen molar-refractivity contribution in [3.05, 3.63) is 29.8 Å². The number of ether oxygens (including phenoxy) is 3. The molecule has 1 saturated carbocycles. The summed E-state index contributed by atoms with van der Waals surface area (Å²) in [6, 6.07) is 7.47. The summed E-state index contributed by atoms with van der Waals surface area (Å²) in [5.41, 5.74) is -0.222. The summed E-state index contributed by atoms with van der Waals surface area (Å²) >= 11 is 0. The van der Waals surface area contributed by atoms with Crippen molar-refractivity contribution in [2.24, 2.45) is 5.92 Å². The number of fused-ring (bicyclic) bond motifs is 1. The molecule has 0 radical (unpaired) electrons. The first-order valence-electron chi connectivity index (χ1n) is 10.00. The number of benzene rings is 1. The van der Waals surface area contributed by atoms with E-state index in [2.05, 4.69) is 0 Å². The van der Waals surface area contributed by atoms with Gasteiger partial charge >= 0.3 is 5.97 Å². The van der Waals surface area contributed by atoms with Crippen LogP contribution in [-0.4, -0.2) is 44.0 Å². The van der Waals surface area contributed by atoms with E-state index in [-0.39, 0.29) is 18.4 Å². The molecule has 0 N–H and O–H groups in total. The molecule has 1 aromatic rings. The van der Waals surface area contributed by atoms with E-state index in [4.69, 9.17) is 14.2 Å². The number of carbonyl (C=O) groups is 2. The lowest BCUT2D eigenvalue weighted by molar-refractivity contribution is -0.241. The molecule has 6 nitrogen and oxygen atoms in total. The van der Waals surface area contributed by atoms with Gasteiger partial charge in [-0.25, -0.2) is 0 Å². The molecule has 27 heavy (non-hydrogen) atoms. The summed E-state index contributed by atoms with van der Waals surface area (Å²) < 4.78 is 18.0. The number of rotatable bonds is 5. The van der Waals surface area contributed by atoms with Crippen molar-refractivity contribution in [3.63, 3.8) is 0 Å². The maximum Gasteiger partial charge on any atom is 0.332 e. The van der Waals surface area contributed by atoms with Gasteiger partial charge in [0.15, 0.2) is 0 Å². The number of hydrogen-bond donors (Lipinski definition) is 0. The average molecular weight is 373 g/mol. The van der Waals surface area contributed by atoms with Gasteiger partial charge in [-0.15, -0.1) is 0 Å². The number of hydrogen-bond acceptors (Lipinski definition) is 5.